The van der Waals surface area contributed by atoms with E-state index in [0.29, 0.717) is 11.8 Å². The van der Waals surface area contributed by atoms with E-state index in [1.54, 1.807) is 0 Å². The first kappa shape index (κ1) is 15.5. The Kier molecular flexibility index (Phi) is 6.16. The summed E-state index contributed by atoms with van der Waals surface area (Å²) in [4.78, 5) is 0. The first-order valence-electron chi connectivity index (χ1n) is 6.56. The molecule has 1 N–H and O–H groups in total. The van der Waals surface area contributed by atoms with Gasteiger partial charge in [-0.05, 0) is 42.6 Å². The summed E-state index contributed by atoms with van der Waals surface area (Å²) in [5.41, 5.74) is 1.26. The second-order valence-electron chi connectivity index (χ2n) is 5.29. The van der Waals surface area contributed by atoms with Crippen molar-refractivity contribution in [3.63, 3.8) is 0 Å². The number of rotatable bonds is 6. The number of ether oxygens (including phenoxy) is 1. The van der Waals surface area contributed by atoms with Gasteiger partial charge in [-0.2, -0.15) is 0 Å². The number of likely N-dealkylation sites (N-methyl/N-ethyl adjacent to an activating group) is 1. The van der Waals surface area contributed by atoms with Crippen molar-refractivity contribution in [2.45, 2.75) is 39.7 Å². The van der Waals surface area contributed by atoms with Gasteiger partial charge in [-0.25, -0.2) is 0 Å². The molecule has 0 saturated carbocycles. The van der Waals surface area contributed by atoms with Gasteiger partial charge in [0.2, 0.25) is 0 Å². The van der Waals surface area contributed by atoms with Crippen molar-refractivity contribution in [1.29, 1.82) is 0 Å². The molecule has 0 radical (unpaired) electrons. The standard InChI is InChI=1S/C15H24BrNO/c1-10(2)13-8-12(16)6-7-14(13)18-15(9-17-5)11(3)4/h6-8,10-11,15,17H,9H2,1-5H3. The van der Waals surface area contributed by atoms with Gasteiger partial charge in [0.15, 0.2) is 0 Å². The van der Waals surface area contributed by atoms with Crippen LogP contribution in [0.4, 0.5) is 0 Å². The number of benzene rings is 1. The van der Waals surface area contributed by atoms with Gasteiger partial charge in [0.05, 0.1) is 0 Å². The molecular weight excluding hydrogens is 290 g/mol. The molecule has 0 spiro atoms. The van der Waals surface area contributed by atoms with Gasteiger partial charge in [0, 0.05) is 11.0 Å². The van der Waals surface area contributed by atoms with Gasteiger partial charge in [0.1, 0.15) is 11.9 Å². The molecule has 0 fully saturated rings. The van der Waals surface area contributed by atoms with Crippen LogP contribution in [-0.4, -0.2) is 19.7 Å². The Morgan fingerprint density at radius 3 is 2.39 bits per heavy atom. The Balaban J connectivity index is 2.94. The van der Waals surface area contributed by atoms with Crippen molar-refractivity contribution in [2.75, 3.05) is 13.6 Å². The third-order valence-electron chi connectivity index (χ3n) is 3.02. The number of hydrogen-bond acceptors (Lipinski definition) is 2. The van der Waals surface area contributed by atoms with Gasteiger partial charge < -0.3 is 10.1 Å². The van der Waals surface area contributed by atoms with E-state index in [0.717, 1.165) is 16.8 Å². The summed E-state index contributed by atoms with van der Waals surface area (Å²) < 4.78 is 7.29. The average Bonchev–Trinajstić information content (AvgIpc) is 2.30. The fourth-order valence-corrected chi connectivity index (χ4v) is 2.23. The molecule has 1 rings (SSSR count). The number of hydrogen-bond donors (Lipinski definition) is 1. The average molecular weight is 314 g/mol. The Morgan fingerprint density at radius 2 is 1.89 bits per heavy atom. The Hall–Kier alpha value is -0.540. The molecule has 1 atom stereocenters. The van der Waals surface area contributed by atoms with E-state index in [-0.39, 0.29) is 6.10 Å². The molecule has 1 unspecified atom stereocenters. The van der Waals surface area contributed by atoms with Gasteiger partial charge in [0.25, 0.3) is 0 Å². The second kappa shape index (κ2) is 7.15. The normalized spacial score (nSPS) is 13.1. The Labute approximate surface area is 119 Å². The monoisotopic (exact) mass is 313 g/mol. The van der Waals surface area contributed by atoms with Crippen molar-refractivity contribution in [2.24, 2.45) is 5.92 Å². The van der Waals surface area contributed by atoms with Gasteiger partial charge in [-0.3, -0.25) is 0 Å². The third kappa shape index (κ3) is 4.29. The third-order valence-corrected chi connectivity index (χ3v) is 3.51. The highest BCUT2D eigenvalue weighted by Gasteiger charge is 2.17. The zero-order valence-corrected chi connectivity index (χ0v) is 13.5. The molecule has 0 heterocycles. The maximum absolute atomic E-state index is 6.18. The maximum atomic E-state index is 6.18. The van der Waals surface area contributed by atoms with Crippen LogP contribution in [0.25, 0.3) is 0 Å². The lowest BCUT2D eigenvalue weighted by atomic mass is 10.0. The SMILES string of the molecule is CNCC(Oc1ccc(Br)cc1C(C)C)C(C)C. The van der Waals surface area contributed by atoms with Gasteiger partial charge in [-0.15, -0.1) is 0 Å². The molecule has 3 heteroatoms. The highest BCUT2D eigenvalue weighted by Crippen LogP contribution is 2.30. The molecule has 0 amide bonds. The smallest absolute Gasteiger partial charge is 0.123 e. The molecule has 2 nitrogen and oxygen atoms in total. The first-order chi connectivity index (χ1) is 8.45. The molecular formula is C15H24BrNO. The highest BCUT2D eigenvalue weighted by atomic mass is 79.9. The summed E-state index contributed by atoms with van der Waals surface area (Å²) in [6, 6.07) is 6.25. The van der Waals surface area contributed by atoms with Crippen LogP contribution in [0.3, 0.4) is 0 Å². The van der Waals surface area contributed by atoms with E-state index < -0.39 is 0 Å². The van der Waals surface area contributed by atoms with E-state index in [4.69, 9.17) is 4.74 Å². The topological polar surface area (TPSA) is 21.3 Å². The zero-order chi connectivity index (χ0) is 13.7. The van der Waals surface area contributed by atoms with Crippen LogP contribution >= 0.6 is 15.9 Å². The van der Waals surface area contributed by atoms with Crippen LogP contribution in [0.5, 0.6) is 5.75 Å². The molecule has 0 bridgehead atoms. The van der Waals surface area contributed by atoms with E-state index in [1.165, 1.54) is 5.56 Å². The van der Waals surface area contributed by atoms with E-state index >= 15 is 0 Å². The van der Waals surface area contributed by atoms with Crippen molar-refractivity contribution < 1.29 is 4.74 Å². The van der Waals surface area contributed by atoms with Crippen molar-refractivity contribution in [3.8, 4) is 5.75 Å². The van der Waals surface area contributed by atoms with Gasteiger partial charge in [-0.1, -0.05) is 43.6 Å². The second-order valence-corrected chi connectivity index (χ2v) is 6.21. The number of nitrogens with one attached hydrogen (secondary N) is 1. The maximum Gasteiger partial charge on any atom is 0.123 e. The van der Waals surface area contributed by atoms with Crippen LogP contribution in [-0.2, 0) is 0 Å². The summed E-state index contributed by atoms with van der Waals surface area (Å²) in [5, 5.41) is 3.20. The molecule has 0 aliphatic rings. The quantitative estimate of drug-likeness (QED) is 0.850. The van der Waals surface area contributed by atoms with E-state index in [1.807, 2.05) is 13.1 Å². The predicted octanol–water partition coefficient (Wildman–Crippen LogP) is 4.20. The van der Waals surface area contributed by atoms with Crippen molar-refractivity contribution in [3.05, 3.63) is 28.2 Å². The molecule has 1 aromatic carbocycles. The zero-order valence-electron chi connectivity index (χ0n) is 12.0. The first-order valence-corrected chi connectivity index (χ1v) is 7.35. The molecule has 0 aromatic heterocycles. The summed E-state index contributed by atoms with van der Waals surface area (Å²) in [6.45, 7) is 9.63. The molecule has 1 aromatic rings. The molecule has 0 saturated heterocycles. The Bertz CT molecular complexity index is 377. The van der Waals surface area contributed by atoms with Crippen LogP contribution in [0.2, 0.25) is 0 Å². The van der Waals surface area contributed by atoms with Crippen LogP contribution in [0.1, 0.15) is 39.2 Å². The summed E-state index contributed by atoms with van der Waals surface area (Å²) in [7, 11) is 1.96. The van der Waals surface area contributed by atoms with Crippen LogP contribution < -0.4 is 10.1 Å². The summed E-state index contributed by atoms with van der Waals surface area (Å²) in [5.74, 6) is 1.95. The summed E-state index contributed by atoms with van der Waals surface area (Å²) >= 11 is 3.52. The highest BCUT2D eigenvalue weighted by molar-refractivity contribution is 9.10. The Morgan fingerprint density at radius 1 is 1.22 bits per heavy atom. The van der Waals surface area contributed by atoms with Gasteiger partial charge >= 0.3 is 0 Å². The fraction of sp³-hybridized carbons (Fsp3) is 0.600. The lowest BCUT2D eigenvalue weighted by molar-refractivity contribution is 0.149. The van der Waals surface area contributed by atoms with E-state index in [2.05, 4.69) is 61.1 Å². The fourth-order valence-electron chi connectivity index (χ4n) is 1.86. The minimum atomic E-state index is 0.202. The minimum absolute atomic E-state index is 0.202. The summed E-state index contributed by atoms with van der Waals surface area (Å²) in [6.07, 6.45) is 0.202. The van der Waals surface area contributed by atoms with Crippen molar-refractivity contribution in [1.82, 2.24) is 5.32 Å². The molecule has 102 valence electrons. The van der Waals surface area contributed by atoms with E-state index in [9.17, 15) is 0 Å². The molecule has 0 aliphatic carbocycles. The minimum Gasteiger partial charge on any atom is -0.489 e. The van der Waals surface area contributed by atoms with Crippen LogP contribution in [0.15, 0.2) is 22.7 Å². The molecule has 0 aliphatic heterocycles. The number of halogens is 1. The largest absolute Gasteiger partial charge is 0.489 e. The lowest BCUT2D eigenvalue weighted by Crippen LogP contribution is -2.34. The van der Waals surface area contributed by atoms with Crippen LogP contribution in [0, 0.1) is 5.92 Å². The van der Waals surface area contributed by atoms with Crippen molar-refractivity contribution >= 4 is 15.9 Å². The lowest BCUT2D eigenvalue weighted by Gasteiger charge is -2.25. The molecule has 18 heavy (non-hydrogen) atoms. The predicted molar refractivity (Wildman–Crippen MR) is 81.4 cm³/mol.